The maximum absolute atomic E-state index is 13.8. The number of carbonyl (C=O) groups excluding carboxylic acids is 1. The summed E-state index contributed by atoms with van der Waals surface area (Å²) in [4.78, 5) is 16.8. The summed E-state index contributed by atoms with van der Waals surface area (Å²) in [5, 5.41) is 13.7. The third-order valence-corrected chi connectivity index (χ3v) is 10.0. The van der Waals surface area contributed by atoms with Crippen LogP contribution in [0.25, 0.3) is 10.2 Å². The number of anilines is 2. The molecule has 43 heavy (non-hydrogen) atoms. The SMILES string of the molecule is Cc1cc(I)cc(C)c1OCC(=O)NCC(O)CCc1cccc(N(CC(C)C)S(=O)(=O)c2ccc3nc(N)sc3c2)c1. The summed E-state index contributed by atoms with van der Waals surface area (Å²) < 4.78 is 36.6. The molecule has 3 aromatic carbocycles. The van der Waals surface area contributed by atoms with Crippen molar-refractivity contribution in [3.05, 3.63) is 74.9 Å². The first-order valence-corrected chi connectivity index (χ1v) is 17.3. The molecule has 12 heteroatoms. The number of ether oxygens (including phenoxy) is 1. The van der Waals surface area contributed by atoms with Crippen LogP contribution in [0.1, 0.15) is 37.0 Å². The van der Waals surface area contributed by atoms with Crippen molar-refractivity contribution < 1.29 is 23.1 Å². The molecule has 1 amide bonds. The second-order valence-electron chi connectivity index (χ2n) is 10.9. The first-order valence-electron chi connectivity index (χ1n) is 14.0. The Bertz CT molecular complexity index is 1680. The van der Waals surface area contributed by atoms with E-state index in [4.69, 9.17) is 10.5 Å². The number of halogens is 1. The Hall–Kier alpha value is -2.94. The molecule has 0 aliphatic carbocycles. The van der Waals surface area contributed by atoms with Crippen LogP contribution in [0.5, 0.6) is 5.75 Å². The minimum atomic E-state index is -3.87. The number of fused-ring (bicyclic) bond motifs is 1. The highest BCUT2D eigenvalue weighted by atomic mass is 127. The van der Waals surface area contributed by atoms with E-state index in [1.54, 1.807) is 24.3 Å². The van der Waals surface area contributed by atoms with Gasteiger partial charge in [-0.25, -0.2) is 13.4 Å². The van der Waals surface area contributed by atoms with Gasteiger partial charge in [-0.3, -0.25) is 9.10 Å². The number of aryl methyl sites for hydroxylation is 3. The van der Waals surface area contributed by atoms with Crippen LogP contribution in [0.2, 0.25) is 0 Å². The summed E-state index contributed by atoms with van der Waals surface area (Å²) >= 11 is 3.49. The van der Waals surface area contributed by atoms with Crippen molar-refractivity contribution in [2.45, 2.75) is 51.5 Å². The molecule has 0 bridgehead atoms. The molecular formula is C31H37IN4O5S2. The highest BCUT2D eigenvalue weighted by molar-refractivity contribution is 14.1. The number of amides is 1. The van der Waals surface area contributed by atoms with Gasteiger partial charge in [0.15, 0.2) is 11.7 Å². The van der Waals surface area contributed by atoms with Crippen LogP contribution in [0.4, 0.5) is 10.8 Å². The highest BCUT2D eigenvalue weighted by Crippen LogP contribution is 2.31. The Morgan fingerprint density at radius 1 is 1.14 bits per heavy atom. The normalized spacial score (nSPS) is 12.4. The molecule has 1 atom stereocenters. The summed E-state index contributed by atoms with van der Waals surface area (Å²) in [7, 11) is -3.87. The number of carbonyl (C=O) groups is 1. The summed E-state index contributed by atoms with van der Waals surface area (Å²) in [6.45, 7) is 8.07. The van der Waals surface area contributed by atoms with Crippen molar-refractivity contribution in [2.75, 3.05) is 29.7 Å². The first kappa shape index (κ1) is 33.0. The van der Waals surface area contributed by atoms with Gasteiger partial charge < -0.3 is 20.9 Å². The zero-order valence-corrected chi connectivity index (χ0v) is 28.4. The fourth-order valence-corrected chi connectivity index (χ4v) is 8.16. The number of nitrogen functional groups attached to an aromatic ring is 1. The fourth-order valence-electron chi connectivity index (χ4n) is 4.73. The number of aliphatic hydroxyl groups excluding tert-OH is 1. The third kappa shape index (κ3) is 8.58. The van der Waals surface area contributed by atoms with E-state index in [0.717, 1.165) is 20.3 Å². The standard InChI is InChI=1S/C31H37IN4O5S2/c1-19(2)17-36(43(39,40)26-10-11-27-28(15-26)42-31(33)35-27)24-7-5-6-22(14-24)8-9-25(37)16-34-29(38)18-41-30-20(3)12-23(32)13-21(30)4/h5-7,10-15,19,25,37H,8-9,16-18H2,1-4H3,(H2,33,35)(H,34,38). The molecule has 0 fully saturated rings. The number of nitrogens with one attached hydrogen (secondary N) is 1. The van der Waals surface area contributed by atoms with Gasteiger partial charge in [0.05, 0.1) is 26.9 Å². The minimum absolute atomic E-state index is 0.0779. The Morgan fingerprint density at radius 3 is 2.56 bits per heavy atom. The molecule has 0 aliphatic rings. The van der Waals surface area contributed by atoms with Crippen molar-refractivity contribution >= 4 is 70.9 Å². The summed E-state index contributed by atoms with van der Waals surface area (Å²) in [5.74, 6) is 0.458. The van der Waals surface area contributed by atoms with Gasteiger partial charge in [-0.15, -0.1) is 0 Å². The molecule has 1 heterocycles. The maximum Gasteiger partial charge on any atom is 0.264 e. The Kier molecular flexibility index (Phi) is 10.9. The average molecular weight is 737 g/mol. The number of hydrogen-bond donors (Lipinski definition) is 3. The van der Waals surface area contributed by atoms with Gasteiger partial charge in [0.25, 0.3) is 15.9 Å². The van der Waals surface area contributed by atoms with E-state index in [1.807, 2.05) is 58.0 Å². The highest BCUT2D eigenvalue weighted by Gasteiger charge is 2.27. The van der Waals surface area contributed by atoms with Gasteiger partial charge in [-0.1, -0.05) is 37.3 Å². The van der Waals surface area contributed by atoms with Gasteiger partial charge in [0.1, 0.15) is 5.75 Å². The number of aliphatic hydroxyl groups is 1. The van der Waals surface area contributed by atoms with Gasteiger partial charge in [0.2, 0.25) is 0 Å². The summed E-state index contributed by atoms with van der Waals surface area (Å²) in [5.41, 5.74) is 9.84. The van der Waals surface area contributed by atoms with Crippen LogP contribution >= 0.6 is 33.9 Å². The largest absolute Gasteiger partial charge is 0.483 e. The number of aromatic nitrogens is 1. The van der Waals surface area contributed by atoms with Gasteiger partial charge in [0, 0.05) is 16.7 Å². The fraction of sp³-hybridized carbons (Fsp3) is 0.355. The predicted molar refractivity (Wildman–Crippen MR) is 181 cm³/mol. The quantitative estimate of drug-likeness (QED) is 0.156. The molecule has 230 valence electrons. The smallest absolute Gasteiger partial charge is 0.264 e. The molecule has 4 aromatic rings. The van der Waals surface area contributed by atoms with Crippen LogP contribution in [-0.4, -0.2) is 50.2 Å². The summed E-state index contributed by atoms with van der Waals surface area (Å²) in [6.07, 6.45) is 0.119. The molecule has 0 aliphatic heterocycles. The van der Waals surface area contributed by atoms with Crippen molar-refractivity contribution in [3.63, 3.8) is 0 Å². The van der Waals surface area contributed by atoms with Crippen molar-refractivity contribution in [2.24, 2.45) is 5.92 Å². The van der Waals surface area contributed by atoms with Crippen molar-refractivity contribution in [3.8, 4) is 5.75 Å². The van der Waals surface area contributed by atoms with E-state index in [2.05, 4.69) is 32.9 Å². The molecule has 9 nitrogen and oxygen atoms in total. The molecule has 0 saturated heterocycles. The van der Waals surface area contributed by atoms with E-state index in [1.165, 1.54) is 15.6 Å². The van der Waals surface area contributed by atoms with E-state index in [9.17, 15) is 18.3 Å². The number of hydrogen-bond acceptors (Lipinski definition) is 8. The third-order valence-electron chi connectivity index (χ3n) is 6.77. The first-order chi connectivity index (χ1) is 20.3. The van der Waals surface area contributed by atoms with Gasteiger partial charge in [-0.05, 0) is 114 Å². The van der Waals surface area contributed by atoms with Crippen LogP contribution < -0.4 is 20.1 Å². The Labute approximate surface area is 270 Å². The van der Waals surface area contributed by atoms with Gasteiger partial charge >= 0.3 is 0 Å². The lowest BCUT2D eigenvalue weighted by molar-refractivity contribution is -0.123. The van der Waals surface area contributed by atoms with Gasteiger partial charge in [-0.2, -0.15) is 0 Å². The molecule has 4 rings (SSSR count). The lowest BCUT2D eigenvalue weighted by Gasteiger charge is -2.27. The Balaban J connectivity index is 1.37. The lowest BCUT2D eigenvalue weighted by Crippen LogP contribution is -2.35. The Morgan fingerprint density at radius 2 is 1.86 bits per heavy atom. The lowest BCUT2D eigenvalue weighted by atomic mass is 10.1. The topological polar surface area (TPSA) is 135 Å². The average Bonchev–Trinajstić information content (AvgIpc) is 3.32. The molecule has 0 radical (unpaired) electrons. The molecule has 0 spiro atoms. The van der Waals surface area contributed by atoms with Crippen LogP contribution in [0.3, 0.4) is 0 Å². The number of rotatable bonds is 13. The molecule has 1 unspecified atom stereocenters. The number of benzene rings is 3. The number of nitrogens with two attached hydrogens (primary N) is 1. The zero-order chi connectivity index (χ0) is 31.3. The zero-order valence-electron chi connectivity index (χ0n) is 24.6. The second-order valence-corrected chi connectivity index (χ2v) is 15.1. The monoisotopic (exact) mass is 736 g/mol. The maximum atomic E-state index is 13.8. The predicted octanol–water partition coefficient (Wildman–Crippen LogP) is 5.44. The number of thiazole rings is 1. The molecule has 1 aromatic heterocycles. The van der Waals surface area contributed by atoms with E-state index >= 15 is 0 Å². The van der Waals surface area contributed by atoms with Crippen molar-refractivity contribution in [1.29, 1.82) is 0 Å². The number of nitrogens with zero attached hydrogens (tertiary/aromatic N) is 2. The van der Waals surface area contributed by atoms with E-state index < -0.39 is 16.1 Å². The van der Waals surface area contributed by atoms with E-state index in [0.29, 0.717) is 46.2 Å². The van der Waals surface area contributed by atoms with Crippen LogP contribution in [-0.2, 0) is 21.2 Å². The van der Waals surface area contributed by atoms with Crippen LogP contribution in [0, 0.1) is 23.3 Å². The second kappa shape index (κ2) is 14.2. The van der Waals surface area contributed by atoms with Crippen molar-refractivity contribution in [1.82, 2.24) is 10.3 Å². The number of sulfonamides is 1. The molecule has 4 N–H and O–H groups in total. The van der Waals surface area contributed by atoms with Crippen LogP contribution in [0.15, 0.2) is 59.5 Å². The summed E-state index contributed by atoms with van der Waals surface area (Å²) in [6, 6.07) is 16.2. The minimum Gasteiger partial charge on any atom is -0.483 e. The molecular weight excluding hydrogens is 699 g/mol. The van der Waals surface area contributed by atoms with E-state index in [-0.39, 0.29) is 29.9 Å². The molecule has 0 saturated carbocycles.